The summed E-state index contributed by atoms with van der Waals surface area (Å²) in [6.07, 6.45) is 1.85. The van der Waals surface area contributed by atoms with Crippen LogP contribution in [0.2, 0.25) is 0 Å². The molecular weight excluding hydrogens is 455 g/mol. The molecule has 0 aliphatic carbocycles. The predicted octanol–water partition coefficient (Wildman–Crippen LogP) is 5.14. The van der Waals surface area contributed by atoms with E-state index in [-0.39, 0.29) is 6.71 Å². The Morgan fingerprint density at radius 2 is 1.00 bits per heavy atom. The maximum atomic E-state index is 6.69. The van der Waals surface area contributed by atoms with E-state index in [0.29, 0.717) is 0 Å². The maximum Gasteiger partial charge on any atom is 0.252 e. The van der Waals surface area contributed by atoms with E-state index in [1.165, 1.54) is 72.1 Å². The summed E-state index contributed by atoms with van der Waals surface area (Å²) in [4.78, 5) is 0. The van der Waals surface area contributed by atoms with Gasteiger partial charge in [-0.3, -0.25) is 0 Å². The van der Waals surface area contributed by atoms with Gasteiger partial charge in [0.15, 0.2) is 22.3 Å². The summed E-state index contributed by atoms with van der Waals surface area (Å²) in [5.74, 6) is 0. The molecule has 37 heavy (non-hydrogen) atoms. The van der Waals surface area contributed by atoms with E-state index in [2.05, 4.69) is 88.0 Å². The molecule has 6 heterocycles. The van der Waals surface area contributed by atoms with E-state index in [1.807, 2.05) is 0 Å². The fourth-order valence-corrected chi connectivity index (χ4v) is 7.93. The van der Waals surface area contributed by atoms with Crippen molar-refractivity contribution in [1.82, 2.24) is 9.13 Å². The maximum absolute atomic E-state index is 6.69. The first-order chi connectivity index (χ1) is 18.3. The van der Waals surface area contributed by atoms with Crippen LogP contribution in [0.15, 0.2) is 87.7 Å². The van der Waals surface area contributed by atoms with Crippen LogP contribution in [0.3, 0.4) is 0 Å². The van der Waals surface area contributed by atoms with Crippen molar-refractivity contribution >= 4 is 67.5 Å². The topological polar surface area (TPSA) is 36.1 Å². The van der Waals surface area contributed by atoms with Gasteiger partial charge in [0.25, 0.3) is 6.71 Å². The fourth-order valence-electron chi connectivity index (χ4n) is 7.93. The van der Waals surface area contributed by atoms with Crippen LogP contribution in [0.25, 0.3) is 55.8 Å². The second-order valence-corrected chi connectivity index (χ2v) is 10.9. The lowest BCUT2D eigenvalue weighted by molar-refractivity contribution is 0.637. The first kappa shape index (κ1) is 17.7. The molecule has 0 spiro atoms. The lowest BCUT2D eigenvalue weighted by Crippen LogP contribution is -2.60. The van der Waals surface area contributed by atoms with E-state index in [9.17, 15) is 0 Å². The Morgan fingerprint density at radius 3 is 1.54 bits per heavy atom. The molecule has 5 aromatic carbocycles. The lowest BCUT2D eigenvalue weighted by atomic mass is 9.33. The molecule has 4 aliphatic heterocycles. The summed E-state index contributed by atoms with van der Waals surface area (Å²) in [5, 5.41) is 0. The third-order valence-electron chi connectivity index (χ3n) is 9.16. The van der Waals surface area contributed by atoms with Gasteiger partial charge in [0, 0.05) is 30.3 Å². The first-order valence-electron chi connectivity index (χ1n) is 13.0. The van der Waals surface area contributed by atoms with Gasteiger partial charge in [0.2, 0.25) is 0 Å². The van der Waals surface area contributed by atoms with Crippen LogP contribution in [0, 0.1) is 0 Å². The highest BCUT2D eigenvalue weighted by molar-refractivity contribution is 7.00. The van der Waals surface area contributed by atoms with Crippen molar-refractivity contribution in [2.45, 2.75) is 12.8 Å². The van der Waals surface area contributed by atoms with Crippen molar-refractivity contribution in [3.05, 3.63) is 101 Å². The van der Waals surface area contributed by atoms with Gasteiger partial charge in [-0.25, -0.2) is 0 Å². The van der Waals surface area contributed by atoms with Crippen LogP contribution >= 0.6 is 0 Å². The summed E-state index contributed by atoms with van der Waals surface area (Å²) in [7, 11) is 0. The van der Waals surface area contributed by atoms with Crippen molar-refractivity contribution in [3.63, 3.8) is 0 Å². The predicted molar refractivity (Wildman–Crippen MR) is 148 cm³/mol. The first-order valence-corrected chi connectivity index (χ1v) is 13.0. The Kier molecular flexibility index (Phi) is 2.65. The fraction of sp³-hybridized carbons (Fsp3) is 0.0625. The van der Waals surface area contributed by atoms with Gasteiger partial charge in [-0.2, -0.15) is 0 Å². The van der Waals surface area contributed by atoms with E-state index in [4.69, 9.17) is 8.83 Å². The molecule has 5 heteroatoms. The molecule has 0 N–H and O–H groups in total. The number of benzene rings is 5. The molecule has 4 nitrogen and oxygen atoms in total. The van der Waals surface area contributed by atoms with Gasteiger partial charge in [-0.1, -0.05) is 60.7 Å². The number of aromatic nitrogens is 2. The highest BCUT2D eigenvalue weighted by Crippen LogP contribution is 2.42. The molecule has 2 aromatic heterocycles. The van der Waals surface area contributed by atoms with Crippen molar-refractivity contribution in [1.29, 1.82) is 0 Å². The van der Waals surface area contributed by atoms with Gasteiger partial charge >= 0.3 is 0 Å². The quantitative estimate of drug-likeness (QED) is 0.226. The van der Waals surface area contributed by atoms with Crippen LogP contribution < -0.4 is 16.4 Å². The number of fused-ring (bicyclic) bond motifs is 2. The molecule has 7 aromatic rings. The van der Waals surface area contributed by atoms with Crippen LogP contribution in [-0.2, 0) is 12.8 Å². The van der Waals surface area contributed by atoms with Crippen LogP contribution in [-0.4, -0.2) is 15.8 Å². The Morgan fingerprint density at radius 1 is 0.514 bits per heavy atom. The van der Waals surface area contributed by atoms with Crippen molar-refractivity contribution < 1.29 is 8.83 Å². The molecular formula is C32H17BN2O2. The van der Waals surface area contributed by atoms with Crippen LogP contribution in [0.4, 0.5) is 0 Å². The summed E-state index contributed by atoms with van der Waals surface area (Å²) in [6, 6.07) is 28.8. The molecule has 0 unspecified atom stereocenters. The Labute approximate surface area is 210 Å². The molecule has 0 saturated carbocycles. The van der Waals surface area contributed by atoms with E-state index in [1.54, 1.807) is 0 Å². The lowest BCUT2D eigenvalue weighted by Gasteiger charge is -2.39. The molecule has 0 amide bonds. The zero-order chi connectivity index (χ0) is 23.6. The molecule has 0 bridgehead atoms. The number of hydrogen-bond acceptors (Lipinski definition) is 2. The van der Waals surface area contributed by atoms with Gasteiger partial charge < -0.3 is 18.0 Å². The molecule has 170 valence electrons. The third-order valence-corrected chi connectivity index (χ3v) is 9.16. The van der Waals surface area contributed by atoms with Gasteiger partial charge in [-0.05, 0) is 50.8 Å². The number of hydrogen-bond donors (Lipinski definition) is 0. The second kappa shape index (κ2) is 5.52. The molecule has 0 atom stereocenters. The molecule has 0 saturated heterocycles. The van der Waals surface area contributed by atoms with Gasteiger partial charge in [0.05, 0.1) is 22.1 Å². The smallest absolute Gasteiger partial charge is 0.252 e. The molecule has 4 aliphatic rings. The van der Waals surface area contributed by atoms with Crippen molar-refractivity contribution in [3.8, 4) is 11.4 Å². The normalized spacial score (nSPS) is 14.8. The van der Waals surface area contributed by atoms with E-state index in [0.717, 1.165) is 35.2 Å². The summed E-state index contributed by atoms with van der Waals surface area (Å²) in [6.45, 7) is 0.131. The zero-order valence-electron chi connectivity index (χ0n) is 19.7. The van der Waals surface area contributed by atoms with Crippen LogP contribution in [0.5, 0.6) is 0 Å². The number of para-hydroxylation sites is 4. The minimum Gasteiger partial charge on any atom is -0.453 e. The van der Waals surface area contributed by atoms with E-state index >= 15 is 0 Å². The molecule has 0 fully saturated rings. The summed E-state index contributed by atoms with van der Waals surface area (Å²) in [5.41, 5.74) is 20.5. The van der Waals surface area contributed by atoms with Crippen LogP contribution in [0.1, 0.15) is 22.3 Å². The number of rotatable bonds is 0. The summed E-state index contributed by atoms with van der Waals surface area (Å²) >= 11 is 0. The standard InChI is InChI=1S/C32H17BN2O2/c1-5-16-13-18-7-3-11-22-29(18)34-27(16)20(9-1)33-21-10-2-6-17-14-19-8-4-12-23-30(19)35(28(17)21)32-25(37-23)15-24(36-22)31(34)26(32)33/h1-12,15H,13-14H2. The SMILES string of the molecule is c1cc2c3c(c1)B1c4cccc5c4-n4c6c(cccc6oc6cc7oc8cccc(c8n-3c7c1c64)C2)C5. The highest BCUT2D eigenvalue weighted by Gasteiger charge is 2.43. The van der Waals surface area contributed by atoms with Gasteiger partial charge in [-0.15, -0.1) is 0 Å². The van der Waals surface area contributed by atoms with Crippen molar-refractivity contribution in [2.75, 3.05) is 0 Å². The zero-order valence-corrected chi connectivity index (χ0v) is 19.7. The van der Waals surface area contributed by atoms with Crippen molar-refractivity contribution in [2.24, 2.45) is 0 Å². The average molecular weight is 472 g/mol. The second-order valence-electron chi connectivity index (χ2n) is 10.9. The van der Waals surface area contributed by atoms with E-state index < -0.39 is 0 Å². The minimum atomic E-state index is 0.131. The Bertz CT molecular complexity index is 2170. The molecule has 11 rings (SSSR count). The largest absolute Gasteiger partial charge is 0.453 e. The Balaban J connectivity index is 1.54. The Hall–Kier alpha value is -4.64. The van der Waals surface area contributed by atoms with Gasteiger partial charge in [0.1, 0.15) is 0 Å². The highest BCUT2D eigenvalue weighted by atomic mass is 16.3. The summed E-state index contributed by atoms with van der Waals surface area (Å²) < 4.78 is 18.4. The minimum absolute atomic E-state index is 0.131. The number of nitrogens with zero attached hydrogens (tertiary/aromatic N) is 2. The monoisotopic (exact) mass is 472 g/mol. The average Bonchev–Trinajstić information content (AvgIpc) is 2.93. The third kappa shape index (κ3) is 1.78. The molecule has 0 radical (unpaired) electrons.